The molecule has 0 aromatic carbocycles. The third kappa shape index (κ3) is 2.99. The Morgan fingerprint density at radius 3 is 2.46 bits per heavy atom. The van der Waals surface area contributed by atoms with Crippen LogP contribution in [0.3, 0.4) is 0 Å². The average Bonchev–Trinajstić information content (AvgIpc) is 3.20. The SMILES string of the molecule is C[C@H](NC(=O)[C@H]1[C@H](C(=O)O)[C@H]2C=C[C@H]1C2)c1nc(C(C)(C)C)cs1. The largest absolute Gasteiger partial charge is 0.481 e. The van der Waals surface area contributed by atoms with E-state index < -0.39 is 17.8 Å². The molecule has 0 saturated heterocycles. The van der Waals surface area contributed by atoms with Crippen LogP contribution in [0.1, 0.15) is 50.9 Å². The smallest absolute Gasteiger partial charge is 0.307 e. The molecule has 24 heavy (non-hydrogen) atoms. The highest BCUT2D eigenvalue weighted by Gasteiger charge is 2.51. The van der Waals surface area contributed by atoms with Gasteiger partial charge in [0.05, 0.1) is 23.6 Å². The Morgan fingerprint density at radius 1 is 1.29 bits per heavy atom. The highest BCUT2D eigenvalue weighted by molar-refractivity contribution is 7.09. The number of nitrogens with zero attached hydrogens (tertiary/aromatic N) is 1. The standard InChI is InChI=1S/C18H24N2O3S/c1-9(16-20-12(8-24-16)18(2,3)4)19-15(21)13-10-5-6-11(7-10)14(13)17(22)23/h5-6,8-11,13-14H,7H2,1-4H3,(H,19,21)(H,22,23)/t9-,10-,11-,13+,14+/m0/s1. The quantitative estimate of drug-likeness (QED) is 0.819. The normalized spacial score (nSPS) is 29.7. The summed E-state index contributed by atoms with van der Waals surface area (Å²) in [6.45, 7) is 8.22. The maximum atomic E-state index is 12.7. The molecular formula is C18H24N2O3S. The fourth-order valence-electron chi connectivity index (χ4n) is 3.72. The number of carbonyl (C=O) groups is 2. The molecule has 0 radical (unpaired) electrons. The van der Waals surface area contributed by atoms with E-state index in [-0.39, 0.29) is 29.2 Å². The molecule has 3 rings (SSSR count). The molecule has 1 aromatic rings. The van der Waals surface area contributed by atoms with Crippen LogP contribution in [0.2, 0.25) is 0 Å². The van der Waals surface area contributed by atoms with Crippen LogP contribution in [0.15, 0.2) is 17.5 Å². The number of amides is 1. The second-order valence-corrected chi connectivity index (χ2v) is 8.78. The van der Waals surface area contributed by atoms with E-state index in [1.54, 1.807) is 0 Å². The first-order valence-electron chi connectivity index (χ1n) is 8.36. The predicted molar refractivity (Wildman–Crippen MR) is 92.7 cm³/mol. The van der Waals surface area contributed by atoms with Gasteiger partial charge in [0, 0.05) is 10.8 Å². The lowest BCUT2D eigenvalue weighted by Crippen LogP contribution is -2.41. The number of carboxylic acid groups (broad SMARTS) is 1. The van der Waals surface area contributed by atoms with Crippen molar-refractivity contribution in [2.75, 3.05) is 0 Å². The van der Waals surface area contributed by atoms with Crippen molar-refractivity contribution in [3.8, 4) is 0 Å². The fourth-order valence-corrected chi connectivity index (χ4v) is 4.77. The number of aliphatic carboxylic acids is 1. The first kappa shape index (κ1) is 17.1. The molecule has 2 aliphatic carbocycles. The molecule has 0 unspecified atom stereocenters. The second kappa shape index (κ2) is 5.99. The summed E-state index contributed by atoms with van der Waals surface area (Å²) < 4.78 is 0. The molecule has 2 bridgehead atoms. The molecule has 5 nitrogen and oxygen atoms in total. The number of carbonyl (C=O) groups excluding carboxylic acids is 1. The number of hydrogen-bond acceptors (Lipinski definition) is 4. The van der Waals surface area contributed by atoms with Crippen molar-refractivity contribution in [3.05, 3.63) is 28.2 Å². The molecule has 5 atom stereocenters. The number of fused-ring (bicyclic) bond motifs is 2. The van der Waals surface area contributed by atoms with Crippen LogP contribution in [0.5, 0.6) is 0 Å². The van der Waals surface area contributed by atoms with Crippen LogP contribution in [0, 0.1) is 23.7 Å². The summed E-state index contributed by atoms with van der Waals surface area (Å²) >= 11 is 1.54. The molecule has 1 fully saturated rings. The highest BCUT2D eigenvalue weighted by atomic mass is 32.1. The van der Waals surface area contributed by atoms with Crippen molar-refractivity contribution in [1.29, 1.82) is 0 Å². The summed E-state index contributed by atoms with van der Waals surface area (Å²) in [6, 6.07) is -0.212. The van der Waals surface area contributed by atoms with Gasteiger partial charge in [-0.15, -0.1) is 11.3 Å². The Kier molecular flexibility index (Phi) is 4.28. The minimum Gasteiger partial charge on any atom is -0.481 e. The molecule has 0 spiro atoms. The van der Waals surface area contributed by atoms with Crippen LogP contribution in [0.4, 0.5) is 0 Å². The van der Waals surface area contributed by atoms with Gasteiger partial charge in [0.15, 0.2) is 0 Å². The van der Waals surface area contributed by atoms with E-state index in [2.05, 4.69) is 31.1 Å². The maximum absolute atomic E-state index is 12.7. The van der Waals surface area contributed by atoms with Crippen LogP contribution in [-0.4, -0.2) is 22.0 Å². The van der Waals surface area contributed by atoms with Gasteiger partial charge in [-0.05, 0) is 25.2 Å². The monoisotopic (exact) mass is 348 g/mol. The van der Waals surface area contributed by atoms with Crippen molar-refractivity contribution < 1.29 is 14.7 Å². The summed E-state index contributed by atoms with van der Waals surface area (Å²) in [5.41, 5.74) is 0.984. The summed E-state index contributed by atoms with van der Waals surface area (Å²) in [6.07, 6.45) is 4.72. The number of allylic oxidation sites excluding steroid dienone is 2. The molecule has 2 N–H and O–H groups in total. The van der Waals surface area contributed by atoms with E-state index in [1.165, 1.54) is 11.3 Å². The summed E-state index contributed by atoms with van der Waals surface area (Å²) in [4.78, 5) is 28.9. The Balaban J connectivity index is 1.71. The van der Waals surface area contributed by atoms with Gasteiger partial charge >= 0.3 is 5.97 Å². The van der Waals surface area contributed by atoms with Gasteiger partial charge in [-0.1, -0.05) is 32.9 Å². The zero-order valence-electron chi connectivity index (χ0n) is 14.4. The molecule has 130 valence electrons. The minimum absolute atomic E-state index is 0.00841. The average molecular weight is 348 g/mol. The molecule has 2 aliphatic rings. The van der Waals surface area contributed by atoms with Crippen LogP contribution in [-0.2, 0) is 15.0 Å². The lowest BCUT2D eigenvalue weighted by Gasteiger charge is -2.25. The Hall–Kier alpha value is -1.69. The first-order valence-corrected chi connectivity index (χ1v) is 9.24. The Bertz CT molecular complexity index is 689. The van der Waals surface area contributed by atoms with Crippen molar-refractivity contribution in [2.24, 2.45) is 23.7 Å². The van der Waals surface area contributed by atoms with Crippen molar-refractivity contribution in [2.45, 2.75) is 45.6 Å². The first-order chi connectivity index (χ1) is 11.2. The van der Waals surface area contributed by atoms with Gasteiger partial charge in [-0.2, -0.15) is 0 Å². The maximum Gasteiger partial charge on any atom is 0.307 e. The van der Waals surface area contributed by atoms with Gasteiger partial charge in [0.1, 0.15) is 5.01 Å². The van der Waals surface area contributed by atoms with E-state index in [9.17, 15) is 14.7 Å². The minimum atomic E-state index is -0.871. The number of carboxylic acids is 1. The van der Waals surface area contributed by atoms with E-state index in [4.69, 9.17) is 0 Å². The van der Waals surface area contributed by atoms with E-state index >= 15 is 0 Å². The van der Waals surface area contributed by atoms with Gasteiger partial charge in [-0.3, -0.25) is 9.59 Å². The summed E-state index contributed by atoms with van der Waals surface area (Å²) in [5.74, 6) is -2.07. The number of hydrogen-bond donors (Lipinski definition) is 2. The number of aromatic nitrogens is 1. The summed E-state index contributed by atoms with van der Waals surface area (Å²) in [5, 5.41) is 15.3. The van der Waals surface area contributed by atoms with Crippen molar-refractivity contribution in [3.63, 3.8) is 0 Å². The van der Waals surface area contributed by atoms with E-state index in [0.29, 0.717) is 0 Å². The van der Waals surface area contributed by atoms with Gasteiger partial charge in [-0.25, -0.2) is 4.98 Å². The molecule has 6 heteroatoms. The lowest BCUT2D eigenvalue weighted by atomic mass is 9.82. The highest BCUT2D eigenvalue weighted by Crippen LogP contribution is 2.48. The van der Waals surface area contributed by atoms with Crippen molar-refractivity contribution in [1.82, 2.24) is 10.3 Å². The second-order valence-electron chi connectivity index (χ2n) is 7.89. The lowest BCUT2D eigenvalue weighted by molar-refractivity contribution is -0.148. The zero-order chi connectivity index (χ0) is 17.6. The van der Waals surface area contributed by atoms with Crippen LogP contribution >= 0.6 is 11.3 Å². The molecule has 0 aliphatic heterocycles. The number of rotatable bonds is 4. The predicted octanol–water partition coefficient (Wildman–Crippen LogP) is 3.14. The topological polar surface area (TPSA) is 79.3 Å². The van der Waals surface area contributed by atoms with Crippen LogP contribution in [0.25, 0.3) is 0 Å². The van der Waals surface area contributed by atoms with Gasteiger partial charge in [0.2, 0.25) is 5.91 Å². The third-order valence-electron chi connectivity index (χ3n) is 5.07. The molecule has 1 amide bonds. The Labute approximate surface area is 146 Å². The fraction of sp³-hybridized carbons (Fsp3) is 0.611. The van der Waals surface area contributed by atoms with Crippen LogP contribution < -0.4 is 5.32 Å². The van der Waals surface area contributed by atoms with Gasteiger partial charge < -0.3 is 10.4 Å². The molecular weight excluding hydrogens is 324 g/mol. The summed E-state index contributed by atoms with van der Waals surface area (Å²) in [7, 11) is 0. The molecule has 1 saturated carbocycles. The molecule has 1 aromatic heterocycles. The van der Waals surface area contributed by atoms with Crippen molar-refractivity contribution >= 4 is 23.2 Å². The van der Waals surface area contributed by atoms with E-state index in [1.807, 2.05) is 24.5 Å². The van der Waals surface area contributed by atoms with E-state index in [0.717, 1.165) is 17.1 Å². The molecule has 1 heterocycles. The zero-order valence-corrected chi connectivity index (χ0v) is 15.3. The Morgan fingerprint density at radius 2 is 1.92 bits per heavy atom. The number of nitrogens with one attached hydrogen (secondary N) is 1. The van der Waals surface area contributed by atoms with Gasteiger partial charge in [0.25, 0.3) is 0 Å². The third-order valence-corrected chi connectivity index (χ3v) is 6.09. The number of thiazole rings is 1.